The molecule has 0 aliphatic rings. The third-order valence-corrected chi connectivity index (χ3v) is 2.25. The van der Waals surface area contributed by atoms with Crippen LogP contribution in [0.3, 0.4) is 0 Å². The Bertz CT molecular complexity index is 106. The van der Waals surface area contributed by atoms with Crippen LogP contribution in [-0.4, -0.2) is 33.5 Å². The van der Waals surface area contributed by atoms with Crippen molar-refractivity contribution >= 4 is 10.4 Å². The Morgan fingerprint density at radius 1 is 1.60 bits per heavy atom. The van der Waals surface area contributed by atoms with Crippen molar-refractivity contribution in [1.29, 1.82) is 0 Å². The van der Waals surface area contributed by atoms with Gasteiger partial charge in [-0.1, -0.05) is 13.8 Å². The molecular formula is C6H12F2NSi. The molecule has 0 saturated heterocycles. The predicted octanol–water partition coefficient (Wildman–Crippen LogP) is 1.44. The fourth-order valence-electron chi connectivity index (χ4n) is 0.603. The van der Waals surface area contributed by atoms with E-state index in [1.807, 2.05) is 0 Å². The first kappa shape index (κ1) is 10.0. The lowest BCUT2D eigenvalue weighted by molar-refractivity contribution is 0.00614. The molecule has 0 spiro atoms. The smallest absolute Gasteiger partial charge is 0.183 e. The third-order valence-electron chi connectivity index (χ3n) is 1.26. The summed E-state index contributed by atoms with van der Waals surface area (Å²) in [5.41, 5.74) is 0. The zero-order valence-corrected chi connectivity index (χ0v) is 7.49. The molecule has 0 aliphatic carbocycles. The second kappa shape index (κ2) is 3.43. The van der Waals surface area contributed by atoms with Crippen molar-refractivity contribution in [3.05, 3.63) is 0 Å². The number of hydrogen-bond donors (Lipinski definition) is 0. The van der Waals surface area contributed by atoms with Gasteiger partial charge in [-0.2, -0.15) is 0 Å². The van der Waals surface area contributed by atoms with Crippen LogP contribution >= 0.6 is 0 Å². The van der Waals surface area contributed by atoms with Gasteiger partial charge in [-0.25, -0.2) is 8.78 Å². The first-order valence-corrected chi connectivity index (χ1v) is 3.62. The largest absolute Gasteiger partial charge is 0.292 e. The van der Waals surface area contributed by atoms with Crippen LogP contribution in [0.15, 0.2) is 0 Å². The molecule has 0 aliphatic heterocycles. The Balaban J connectivity index is 4.03. The summed E-state index contributed by atoms with van der Waals surface area (Å²) < 4.78 is 26.1. The number of nitrogens with zero attached hydrogens (tertiary/aromatic N) is 1. The van der Waals surface area contributed by atoms with E-state index in [9.17, 15) is 8.78 Å². The van der Waals surface area contributed by atoms with Gasteiger partial charge >= 0.3 is 0 Å². The van der Waals surface area contributed by atoms with Gasteiger partial charge in [-0.15, -0.1) is 0 Å². The van der Waals surface area contributed by atoms with Gasteiger partial charge in [-0.3, -0.25) is 4.57 Å². The molecule has 1 nitrogen and oxygen atoms in total. The number of rotatable bonds is 3. The highest BCUT2D eigenvalue weighted by molar-refractivity contribution is 6.05. The Morgan fingerprint density at radius 2 is 2.00 bits per heavy atom. The van der Waals surface area contributed by atoms with E-state index in [2.05, 4.69) is 10.4 Å². The van der Waals surface area contributed by atoms with Crippen molar-refractivity contribution in [1.82, 2.24) is 4.57 Å². The van der Waals surface area contributed by atoms with E-state index in [1.165, 1.54) is 11.5 Å². The van der Waals surface area contributed by atoms with Gasteiger partial charge < -0.3 is 0 Å². The van der Waals surface area contributed by atoms with Crippen LogP contribution in [0.5, 0.6) is 0 Å². The summed E-state index contributed by atoms with van der Waals surface area (Å²) in [6.45, 7) is 3.75. The van der Waals surface area contributed by atoms with Crippen LogP contribution in [0, 0.1) is 0 Å². The molecule has 0 heterocycles. The summed E-state index contributed by atoms with van der Waals surface area (Å²) in [5, 5.41) is 0. The third kappa shape index (κ3) is 2.34. The van der Waals surface area contributed by atoms with Crippen LogP contribution < -0.4 is 0 Å². The van der Waals surface area contributed by atoms with E-state index >= 15 is 0 Å². The van der Waals surface area contributed by atoms with Crippen molar-refractivity contribution in [2.45, 2.75) is 32.6 Å². The van der Waals surface area contributed by atoms with Crippen LogP contribution in [0.4, 0.5) is 8.78 Å². The minimum atomic E-state index is -1.90. The van der Waals surface area contributed by atoms with Gasteiger partial charge in [0.15, 0.2) is 5.79 Å². The molecule has 0 N–H and O–H groups in total. The Hall–Kier alpha value is 0.0369. The van der Waals surface area contributed by atoms with Gasteiger partial charge in [0.1, 0.15) is 17.1 Å². The summed E-state index contributed by atoms with van der Waals surface area (Å²) >= 11 is 0. The number of halogens is 2. The molecule has 0 amide bonds. The summed E-state index contributed by atoms with van der Waals surface area (Å²) in [4.78, 5) is 0. The van der Waals surface area contributed by atoms with E-state index in [-0.39, 0.29) is 6.04 Å². The maximum Gasteiger partial charge on any atom is 0.183 e. The minimum absolute atomic E-state index is 0.0533. The topological polar surface area (TPSA) is 3.24 Å². The zero-order valence-electron chi connectivity index (χ0n) is 6.49. The standard InChI is InChI=1S/C6H12F2NSi/c1-5(2)9(10)6(3,8)4-7/h5H,4H2,1-3H3. The quantitative estimate of drug-likeness (QED) is 0.450. The summed E-state index contributed by atoms with van der Waals surface area (Å²) in [5.74, 6) is -1.90. The summed E-state index contributed by atoms with van der Waals surface area (Å²) in [6, 6.07) is -0.0533. The SMILES string of the molecule is CC(C)N([Si])C(C)(F)CF. The lowest BCUT2D eigenvalue weighted by Crippen LogP contribution is -2.46. The van der Waals surface area contributed by atoms with Gasteiger partial charge in [0.05, 0.1) is 0 Å². The lowest BCUT2D eigenvalue weighted by atomic mass is 10.2. The lowest BCUT2D eigenvalue weighted by Gasteiger charge is -2.32. The van der Waals surface area contributed by atoms with Crippen molar-refractivity contribution < 1.29 is 8.78 Å². The monoisotopic (exact) mass is 164 g/mol. The summed E-state index contributed by atoms with van der Waals surface area (Å²) in [7, 11) is 2.99. The van der Waals surface area contributed by atoms with Gasteiger partial charge in [0, 0.05) is 0 Å². The van der Waals surface area contributed by atoms with Crippen LogP contribution in [0.25, 0.3) is 0 Å². The summed E-state index contributed by atoms with van der Waals surface area (Å²) in [6.07, 6.45) is 0. The van der Waals surface area contributed by atoms with Crippen molar-refractivity contribution in [2.75, 3.05) is 6.67 Å². The molecule has 0 bridgehead atoms. The van der Waals surface area contributed by atoms with Crippen LogP contribution in [0.2, 0.25) is 0 Å². The predicted molar refractivity (Wildman–Crippen MR) is 38.2 cm³/mol. The molecule has 0 aromatic heterocycles. The molecule has 0 fully saturated rings. The fourth-order valence-corrected chi connectivity index (χ4v) is 0.663. The molecular weight excluding hydrogens is 152 g/mol. The second-order valence-electron chi connectivity index (χ2n) is 2.74. The molecule has 1 unspecified atom stereocenters. The number of hydrogen-bond acceptors (Lipinski definition) is 1. The first-order chi connectivity index (χ1) is 4.41. The molecule has 0 saturated carbocycles. The highest BCUT2D eigenvalue weighted by Gasteiger charge is 2.29. The maximum atomic E-state index is 13.0. The van der Waals surface area contributed by atoms with Crippen molar-refractivity contribution in [3.63, 3.8) is 0 Å². The van der Waals surface area contributed by atoms with E-state index in [0.717, 1.165) is 0 Å². The molecule has 59 valence electrons. The number of alkyl halides is 2. The Morgan fingerprint density at radius 3 is 2.10 bits per heavy atom. The molecule has 0 aromatic rings. The minimum Gasteiger partial charge on any atom is -0.292 e. The van der Waals surface area contributed by atoms with E-state index in [1.54, 1.807) is 13.8 Å². The zero-order chi connectivity index (χ0) is 8.36. The highest BCUT2D eigenvalue weighted by atomic mass is 28.2. The van der Waals surface area contributed by atoms with E-state index < -0.39 is 12.5 Å². The maximum absolute atomic E-state index is 13.0. The highest BCUT2D eigenvalue weighted by Crippen LogP contribution is 2.17. The van der Waals surface area contributed by atoms with Gasteiger partial charge in [0.25, 0.3) is 0 Å². The van der Waals surface area contributed by atoms with Crippen LogP contribution in [-0.2, 0) is 0 Å². The molecule has 0 aromatic carbocycles. The second-order valence-corrected chi connectivity index (χ2v) is 3.22. The average Bonchev–Trinajstić information content (AvgIpc) is 1.86. The fraction of sp³-hybridized carbons (Fsp3) is 1.00. The average molecular weight is 164 g/mol. The van der Waals surface area contributed by atoms with Crippen molar-refractivity contribution in [3.8, 4) is 0 Å². The van der Waals surface area contributed by atoms with Gasteiger partial charge in [-0.05, 0) is 13.0 Å². The van der Waals surface area contributed by atoms with Crippen LogP contribution in [0.1, 0.15) is 20.8 Å². The molecule has 0 rings (SSSR count). The van der Waals surface area contributed by atoms with E-state index in [0.29, 0.717) is 0 Å². The molecule has 10 heavy (non-hydrogen) atoms. The van der Waals surface area contributed by atoms with E-state index in [4.69, 9.17) is 0 Å². The normalized spacial score (nSPS) is 18.0. The molecule has 1 atom stereocenters. The Kier molecular flexibility index (Phi) is 3.45. The van der Waals surface area contributed by atoms with Crippen molar-refractivity contribution in [2.24, 2.45) is 0 Å². The Labute approximate surface area is 63.9 Å². The van der Waals surface area contributed by atoms with Gasteiger partial charge in [0.2, 0.25) is 0 Å². The molecule has 3 radical (unpaired) electrons. The molecule has 4 heteroatoms. The first-order valence-electron chi connectivity index (χ1n) is 3.17.